The molecule has 1 aliphatic heterocycles. The summed E-state index contributed by atoms with van der Waals surface area (Å²) >= 11 is 0. The first-order valence-electron chi connectivity index (χ1n) is 8.33. The molecule has 0 radical (unpaired) electrons. The number of amides is 1. The number of nitrogens with one attached hydrogen (secondary N) is 1. The average Bonchev–Trinajstić information content (AvgIpc) is 2.48. The SMILES string of the molecule is C[C@@H]1CCC[C@H]2CCCN(CC(=O)Nc3ccccc3)[C@@H]21. The number of fused-ring (bicyclic) bond motifs is 1. The Morgan fingerprint density at radius 2 is 1.95 bits per heavy atom. The lowest BCUT2D eigenvalue weighted by molar-refractivity contribution is -0.119. The van der Waals surface area contributed by atoms with Gasteiger partial charge in [-0.1, -0.05) is 31.5 Å². The first-order valence-corrected chi connectivity index (χ1v) is 8.33. The summed E-state index contributed by atoms with van der Waals surface area (Å²) < 4.78 is 0. The van der Waals surface area contributed by atoms with Gasteiger partial charge in [0.25, 0.3) is 0 Å². The smallest absolute Gasteiger partial charge is 0.238 e. The second kappa shape index (κ2) is 6.61. The predicted octanol–water partition coefficient (Wildman–Crippen LogP) is 3.53. The molecule has 0 bridgehead atoms. The largest absolute Gasteiger partial charge is 0.325 e. The average molecular weight is 286 g/mol. The third kappa shape index (κ3) is 3.46. The summed E-state index contributed by atoms with van der Waals surface area (Å²) in [6.45, 7) is 3.98. The van der Waals surface area contributed by atoms with E-state index in [4.69, 9.17) is 0 Å². The maximum Gasteiger partial charge on any atom is 0.238 e. The van der Waals surface area contributed by atoms with Crippen LogP contribution >= 0.6 is 0 Å². The molecule has 3 heteroatoms. The predicted molar refractivity (Wildman–Crippen MR) is 86.2 cm³/mol. The number of benzene rings is 1. The number of hydrogen-bond acceptors (Lipinski definition) is 2. The van der Waals surface area contributed by atoms with Crippen molar-refractivity contribution in [3.8, 4) is 0 Å². The number of carbonyl (C=O) groups excluding carboxylic acids is 1. The minimum absolute atomic E-state index is 0.125. The monoisotopic (exact) mass is 286 g/mol. The van der Waals surface area contributed by atoms with Gasteiger partial charge in [-0.05, 0) is 56.2 Å². The summed E-state index contributed by atoms with van der Waals surface area (Å²) in [4.78, 5) is 14.7. The lowest BCUT2D eigenvalue weighted by atomic mass is 9.73. The number of nitrogens with zero attached hydrogens (tertiary/aromatic N) is 1. The highest BCUT2D eigenvalue weighted by Gasteiger charge is 2.37. The minimum atomic E-state index is 0.125. The Labute approximate surface area is 127 Å². The second-order valence-electron chi connectivity index (χ2n) is 6.69. The highest BCUT2D eigenvalue weighted by molar-refractivity contribution is 5.92. The Hall–Kier alpha value is -1.35. The zero-order valence-electron chi connectivity index (χ0n) is 12.9. The van der Waals surface area contributed by atoms with Crippen LogP contribution in [0.3, 0.4) is 0 Å². The van der Waals surface area contributed by atoms with Crippen molar-refractivity contribution in [3.63, 3.8) is 0 Å². The van der Waals surface area contributed by atoms with Gasteiger partial charge in [0, 0.05) is 11.7 Å². The molecule has 1 saturated carbocycles. The zero-order valence-corrected chi connectivity index (χ0v) is 12.9. The lowest BCUT2D eigenvalue weighted by Crippen LogP contribution is -2.52. The van der Waals surface area contributed by atoms with Crippen LogP contribution in [0.15, 0.2) is 30.3 Å². The van der Waals surface area contributed by atoms with E-state index in [0.29, 0.717) is 12.6 Å². The van der Waals surface area contributed by atoms with Gasteiger partial charge in [0.2, 0.25) is 5.91 Å². The van der Waals surface area contributed by atoms with Crippen molar-refractivity contribution in [1.82, 2.24) is 4.90 Å². The van der Waals surface area contributed by atoms with Crippen molar-refractivity contribution < 1.29 is 4.79 Å². The van der Waals surface area contributed by atoms with Crippen molar-refractivity contribution in [2.75, 3.05) is 18.4 Å². The molecule has 3 atom stereocenters. The fourth-order valence-electron chi connectivity index (χ4n) is 4.28. The number of anilines is 1. The molecule has 0 unspecified atom stereocenters. The molecule has 1 aromatic rings. The molecular formula is C18H26N2O. The second-order valence-corrected chi connectivity index (χ2v) is 6.69. The molecule has 2 aliphatic rings. The van der Waals surface area contributed by atoms with Crippen LogP contribution in [0.2, 0.25) is 0 Å². The lowest BCUT2D eigenvalue weighted by Gasteiger charge is -2.47. The molecule has 0 aromatic heterocycles. The Balaban J connectivity index is 1.61. The van der Waals surface area contributed by atoms with Gasteiger partial charge in [0.1, 0.15) is 0 Å². The molecular weight excluding hydrogens is 260 g/mol. The molecule has 21 heavy (non-hydrogen) atoms. The van der Waals surface area contributed by atoms with Crippen LogP contribution in [0.25, 0.3) is 0 Å². The highest BCUT2D eigenvalue weighted by Crippen LogP contribution is 2.38. The molecule has 114 valence electrons. The van der Waals surface area contributed by atoms with Crippen molar-refractivity contribution in [3.05, 3.63) is 30.3 Å². The van der Waals surface area contributed by atoms with Gasteiger partial charge in [-0.2, -0.15) is 0 Å². The third-order valence-corrected chi connectivity index (χ3v) is 5.15. The molecule has 3 nitrogen and oxygen atoms in total. The summed E-state index contributed by atoms with van der Waals surface area (Å²) in [6.07, 6.45) is 6.63. The Bertz CT molecular complexity index is 471. The van der Waals surface area contributed by atoms with E-state index in [-0.39, 0.29) is 5.91 Å². The van der Waals surface area contributed by atoms with Crippen molar-refractivity contribution in [2.24, 2.45) is 11.8 Å². The standard InChI is InChI=1S/C18H26N2O/c1-14-7-5-8-15-9-6-12-20(18(14)15)13-17(21)19-16-10-3-2-4-11-16/h2-4,10-11,14-15,18H,5-9,12-13H2,1H3,(H,19,21)/t14-,15+,18-/m1/s1. The summed E-state index contributed by atoms with van der Waals surface area (Å²) in [5.41, 5.74) is 0.896. The quantitative estimate of drug-likeness (QED) is 0.922. The van der Waals surface area contributed by atoms with Crippen molar-refractivity contribution in [2.45, 2.75) is 45.1 Å². The molecule has 0 spiro atoms. The van der Waals surface area contributed by atoms with Gasteiger partial charge >= 0.3 is 0 Å². The van der Waals surface area contributed by atoms with Crippen LogP contribution in [-0.4, -0.2) is 29.9 Å². The van der Waals surface area contributed by atoms with Crippen molar-refractivity contribution in [1.29, 1.82) is 0 Å². The topological polar surface area (TPSA) is 32.3 Å². The molecule has 1 saturated heterocycles. The number of piperidine rings is 1. The van der Waals surface area contributed by atoms with Crippen LogP contribution in [0.1, 0.15) is 39.0 Å². The summed E-state index contributed by atoms with van der Waals surface area (Å²) in [7, 11) is 0. The van der Waals surface area contributed by atoms with Crippen LogP contribution < -0.4 is 5.32 Å². The van der Waals surface area contributed by atoms with Crippen LogP contribution in [-0.2, 0) is 4.79 Å². The summed E-state index contributed by atoms with van der Waals surface area (Å²) in [6, 6.07) is 10.4. The Morgan fingerprint density at radius 3 is 2.76 bits per heavy atom. The Kier molecular flexibility index (Phi) is 4.59. The van der Waals surface area contributed by atoms with Gasteiger partial charge in [0.05, 0.1) is 6.54 Å². The minimum Gasteiger partial charge on any atom is -0.325 e. The molecule has 1 heterocycles. The van der Waals surface area contributed by atoms with Crippen LogP contribution in [0.5, 0.6) is 0 Å². The van der Waals surface area contributed by atoms with Gasteiger partial charge in [-0.3, -0.25) is 9.69 Å². The van der Waals surface area contributed by atoms with E-state index in [9.17, 15) is 4.79 Å². The molecule has 3 rings (SSSR count). The first kappa shape index (κ1) is 14.6. The number of rotatable bonds is 3. The van der Waals surface area contributed by atoms with Crippen molar-refractivity contribution >= 4 is 11.6 Å². The number of para-hydroxylation sites is 1. The summed E-state index contributed by atoms with van der Waals surface area (Å²) in [5.74, 6) is 1.67. The Morgan fingerprint density at radius 1 is 1.19 bits per heavy atom. The van der Waals surface area contributed by atoms with Crippen LogP contribution in [0, 0.1) is 11.8 Å². The van der Waals surface area contributed by atoms with E-state index >= 15 is 0 Å². The van der Waals surface area contributed by atoms with E-state index in [1.165, 1.54) is 32.1 Å². The maximum atomic E-state index is 12.3. The number of carbonyl (C=O) groups is 1. The van der Waals surface area contributed by atoms with Gasteiger partial charge < -0.3 is 5.32 Å². The molecule has 1 amide bonds. The third-order valence-electron chi connectivity index (χ3n) is 5.15. The fourth-order valence-corrected chi connectivity index (χ4v) is 4.28. The van der Waals surface area contributed by atoms with E-state index in [1.54, 1.807) is 0 Å². The normalized spacial score (nSPS) is 29.7. The zero-order chi connectivity index (χ0) is 14.7. The van der Waals surface area contributed by atoms with Gasteiger partial charge in [-0.25, -0.2) is 0 Å². The highest BCUT2D eigenvalue weighted by atomic mass is 16.2. The molecule has 1 aromatic carbocycles. The summed E-state index contributed by atoms with van der Waals surface area (Å²) in [5, 5.41) is 3.02. The van der Waals surface area contributed by atoms with Gasteiger partial charge in [-0.15, -0.1) is 0 Å². The first-order chi connectivity index (χ1) is 10.2. The van der Waals surface area contributed by atoms with Gasteiger partial charge in [0.15, 0.2) is 0 Å². The van der Waals surface area contributed by atoms with E-state index in [1.807, 2.05) is 30.3 Å². The number of hydrogen-bond donors (Lipinski definition) is 1. The van der Waals surface area contributed by atoms with E-state index in [2.05, 4.69) is 17.1 Å². The molecule has 1 N–H and O–H groups in total. The number of likely N-dealkylation sites (tertiary alicyclic amines) is 1. The van der Waals surface area contributed by atoms with Crippen LogP contribution in [0.4, 0.5) is 5.69 Å². The molecule has 2 fully saturated rings. The maximum absolute atomic E-state index is 12.3. The molecule has 1 aliphatic carbocycles. The van der Waals surface area contributed by atoms with E-state index < -0.39 is 0 Å². The fraction of sp³-hybridized carbons (Fsp3) is 0.611. The van der Waals surface area contributed by atoms with E-state index in [0.717, 1.165) is 24.1 Å².